The molecule has 0 aliphatic carbocycles. The minimum atomic E-state index is -0.541. The van der Waals surface area contributed by atoms with Crippen molar-refractivity contribution in [2.75, 3.05) is 6.61 Å². The highest BCUT2D eigenvalue weighted by molar-refractivity contribution is 14.1. The van der Waals surface area contributed by atoms with Crippen molar-refractivity contribution in [1.82, 2.24) is 4.90 Å². The van der Waals surface area contributed by atoms with Crippen LogP contribution in [0.25, 0.3) is 6.08 Å². The zero-order chi connectivity index (χ0) is 26.5. The maximum Gasteiger partial charge on any atom is 0.293 e. The number of amides is 2. The number of halogens is 2. The fourth-order valence-corrected chi connectivity index (χ4v) is 5.21. The van der Waals surface area contributed by atoms with Crippen LogP contribution in [0.5, 0.6) is 11.5 Å². The van der Waals surface area contributed by atoms with Crippen LogP contribution in [-0.4, -0.2) is 27.6 Å². The van der Waals surface area contributed by atoms with Crippen molar-refractivity contribution in [1.29, 1.82) is 0 Å². The predicted molar refractivity (Wildman–Crippen MR) is 146 cm³/mol. The molecule has 2 amide bonds. The van der Waals surface area contributed by atoms with Crippen molar-refractivity contribution in [3.8, 4) is 11.5 Å². The van der Waals surface area contributed by atoms with E-state index in [9.17, 15) is 24.1 Å². The Morgan fingerprint density at radius 3 is 2.54 bits per heavy atom. The van der Waals surface area contributed by atoms with Gasteiger partial charge in [0.25, 0.3) is 16.8 Å². The van der Waals surface area contributed by atoms with Gasteiger partial charge in [0.15, 0.2) is 11.5 Å². The first-order valence-corrected chi connectivity index (χ1v) is 13.0. The smallest absolute Gasteiger partial charge is 0.293 e. The van der Waals surface area contributed by atoms with Gasteiger partial charge in [-0.15, -0.1) is 0 Å². The van der Waals surface area contributed by atoms with Crippen LogP contribution in [0.1, 0.15) is 23.6 Å². The number of ether oxygens (including phenoxy) is 2. The summed E-state index contributed by atoms with van der Waals surface area (Å²) in [6.07, 6.45) is 1.58. The van der Waals surface area contributed by atoms with Crippen molar-refractivity contribution >= 4 is 57.3 Å². The van der Waals surface area contributed by atoms with Crippen molar-refractivity contribution in [2.24, 2.45) is 0 Å². The molecule has 8 nitrogen and oxygen atoms in total. The number of carbonyl (C=O) groups is 2. The van der Waals surface area contributed by atoms with E-state index in [1.165, 1.54) is 30.3 Å². The predicted octanol–water partition coefficient (Wildman–Crippen LogP) is 6.55. The van der Waals surface area contributed by atoms with Gasteiger partial charge in [0, 0.05) is 11.6 Å². The monoisotopic (exact) mass is 634 g/mol. The molecule has 1 saturated heterocycles. The van der Waals surface area contributed by atoms with Crippen molar-refractivity contribution in [3.63, 3.8) is 0 Å². The average molecular weight is 634 g/mol. The highest BCUT2D eigenvalue weighted by Gasteiger charge is 2.36. The molecule has 0 radical (unpaired) electrons. The van der Waals surface area contributed by atoms with Crippen LogP contribution >= 0.6 is 34.4 Å². The molecular weight excluding hydrogens is 614 g/mol. The molecular formula is C26H20FIN2O6S. The summed E-state index contributed by atoms with van der Waals surface area (Å²) < 4.78 is 25.6. The Bertz CT molecular complexity index is 1400. The van der Waals surface area contributed by atoms with Gasteiger partial charge in [-0.3, -0.25) is 24.6 Å². The Labute approximate surface area is 229 Å². The number of rotatable bonds is 9. The molecule has 0 unspecified atom stereocenters. The van der Waals surface area contributed by atoms with Crippen molar-refractivity contribution < 1.29 is 28.4 Å². The standard InChI is InChI=1S/C26H20FIN2O6S/c1-2-35-22-12-17(11-20(28)24(22)36-15-16-7-9-19(27)10-8-16)13-23-25(31)29(26(32)37-23)14-18-5-3-4-6-21(18)30(33)34/h3-13H,2,14-15H2,1H3/b23-13-. The van der Waals surface area contributed by atoms with E-state index in [4.69, 9.17) is 9.47 Å². The van der Waals surface area contributed by atoms with Crippen molar-refractivity contribution in [3.05, 3.63) is 102 Å². The van der Waals surface area contributed by atoms with Crippen LogP contribution in [0.2, 0.25) is 0 Å². The van der Waals surface area contributed by atoms with Crippen LogP contribution in [0.4, 0.5) is 14.9 Å². The van der Waals surface area contributed by atoms with Crippen LogP contribution in [0, 0.1) is 19.5 Å². The maximum atomic E-state index is 13.2. The topological polar surface area (TPSA) is 99.0 Å². The highest BCUT2D eigenvalue weighted by atomic mass is 127. The average Bonchev–Trinajstić information content (AvgIpc) is 3.12. The summed E-state index contributed by atoms with van der Waals surface area (Å²) in [7, 11) is 0. The number of imide groups is 1. The van der Waals surface area contributed by atoms with E-state index >= 15 is 0 Å². The number of benzene rings is 3. The van der Waals surface area contributed by atoms with E-state index in [0.717, 1.165) is 25.8 Å². The lowest BCUT2D eigenvalue weighted by atomic mass is 10.1. The molecule has 190 valence electrons. The van der Waals surface area contributed by atoms with Crippen molar-refractivity contribution in [2.45, 2.75) is 20.1 Å². The van der Waals surface area contributed by atoms with Gasteiger partial charge in [0.1, 0.15) is 12.4 Å². The molecule has 11 heteroatoms. The Morgan fingerprint density at radius 1 is 1.11 bits per heavy atom. The molecule has 0 N–H and O–H groups in total. The van der Waals surface area contributed by atoms with E-state index in [1.807, 2.05) is 6.92 Å². The Balaban J connectivity index is 1.56. The number of carbonyl (C=O) groups excluding carboxylic acids is 2. The van der Waals surface area contributed by atoms with Crippen LogP contribution in [0.15, 0.2) is 65.6 Å². The normalized spacial score (nSPS) is 14.4. The third-order valence-corrected chi connectivity index (χ3v) is 7.02. The zero-order valence-electron chi connectivity index (χ0n) is 19.5. The summed E-state index contributed by atoms with van der Waals surface area (Å²) in [6.45, 7) is 2.22. The fourth-order valence-electron chi connectivity index (χ4n) is 3.59. The molecule has 1 fully saturated rings. The number of nitrogens with zero attached hydrogens (tertiary/aromatic N) is 2. The van der Waals surface area contributed by atoms with Crippen LogP contribution < -0.4 is 9.47 Å². The molecule has 0 spiro atoms. The van der Waals surface area contributed by atoms with Crippen LogP contribution in [0.3, 0.4) is 0 Å². The summed E-state index contributed by atoms with van der Waals surface area (Å²) in [5.74, 6) is 0.108. The minimum absolute atomic E-state index is 0.155. The first-order chi connectivity index (χ1) is 17.8. The largest absolute Gasteiger partial charge is 0.490 e. The number of thioether (sulfide) groups is 1. The molecule has 0 aromatic heterocycles. The molecule has 0 bridgehead atoms. The Kier molecular flexibility index (Phi) is 8.44. The van der Waals surface area contributed by atoms with Crippen LogP contribution in [-0.2, 0) is 17.9 Å². The molecule has 3 aromatic carbocycles. The lowest BCUT2D eigenvalue weighted by molar-refractivity contribution is -0.385. The minimum Gasteiger partial charge on any atom is -0.490 e. The number of nitro groups is 1. The van der Waals surface area contributed by atoms with Gasteiger partial charge in [-0.2, -0.15) is 0 Å². The van der Waals surface area contributed by atoms with E-state index in [2.05, 4.69) is 22.6 Å². The molecule has 0 saturated carbocycles. The summed E-state index contributed by atoms with van der Waals surface area (Å²) in [6, 6.07) is 15.5. The lowest BCUT2D eigenvalue weighted by Gasteiger charge is -2.15. The van der Waals surface area contributed by atoms with Gasteiger partial charge in [0.05, 0.1) is 26.6 Å². The summed E-state index contributed by atoms with van der Waals surface area (Å²) >= 11 is 2.87. The van der Waals surface area contributed by atoms with Gasteiger partial charge in [-0.1, -0.05) is 30.3 Å². The first kappa shape index (κ1) is 26.6. The first-order valence-electron chi connectivity index (χ1n) is 11.1. The Hall–Kier alpha value is -3.45. The van der Waals surface area contributed by atoms with E-state index in [-0.39, 0.29) is 35.1 Å². The summed E-state index contributed by atoms with van der Waals surface area (Å²) in [4.78, 5) is 37.6. The molecule has 0 atom stereocenters. The van der Waals surface area contributed by atoms with Gasteiger partial charge >= 0.3 is 0 Å². The molecule has 1 aliphatic heterocycles. The van der Waals surface area contributed by atoms with Gasteiger partial charge in [-0.05, 0) is 82.7 Å². The zero-order valence-corrected chi connectivity index (χ0v) is 22.5. The molecule has 37 heavy (non-hydrogen) atoms. The third-order valence-electron chi connectivity index (χ3n) is 5.32. The second kappa shape index (κ2) is 11.7. The summed E-state index contributed by atoms with van der Waals surface area (Å²) in [5.41, 5.74) is 1.53. The third kappa shape index (κ3) is 6.28. The maximum absolute atomic E-state index is 13.2. The fraction of sp³-hybridized carbons (Fsp3) is 0.154. The number of para-hydroxylation sites is 1. The van der Waals surface area contributed by atoms with E-state index in [1.54, 1.807) is 36.4 Å². The second-order valence-corrected chi connectivity index (χ2v) is 9.99. The SMILES string of the molecule is CCOc1cc(/C=C2\SC(=O)N(Cc3ccccc3[N+](=O)[O-])C2=O)cc(I)c1OCc1ccc(F)cc1. The quantitative estimate of drug-likeness (QED) is 0.114. The lowest BCUT2D eigenvalue weighted by Crippen LogP contribution is -2.27. The number of hydrogen-bond donors (Lipinski definition) is 0. The molecule has 4 rings (SSSR count). The number of nitro benzene ring substituents is 1. The van der Waals surface area contributed by atoms with Gasteiger partial charge < -0.3 is 9.47 Å². The second-order valence-electron chi connectivity index (χ2n) is 7.83. The van der Waals surface area contributed by atoms with Gasteiger partial charge in [-0.25, -0.2) is 4.39 Å². The van der Waals surface area contributed by atoms with E-state index in [0.29, 0.717) is 23.7 Å². The molecule has 3 aromatic rings. The number of hydrogen-bond acceptors (Lipinski definition) is 7. The van der Waals surface area contributed by atoms with E-state index < -0.39 is 16.1 Å². The highest BCUT2D eigenvalue weighted by Crippen LogP contribution is 2.38. The Morgan fingerprint density at radius 2 is 1.84 bits per heavy atom. The van der Waals surface area contributed by atoms with Gasteiger partial charge in [0.2, 0.25) is 0 Å². The molecule has 1 aliphatic rings. The summed E-state index contributed by atoms with van der Waals surface area (Å²) in [5, 5.41) is 10.8. The molecule has 1 heterocycles.